The van der Waals surface area contributed by atoms with Crippen molar-refractivity contribution in [3.8, 4) is 0 Å². The lowest BCUT2D eigenvalue weighted by atomic mass is 10.2. The summed E-state index contributed by atoms with van der Waals surface area (Å²) in [5.74, 6) is 2.20. The van der Waals surface area contributed by atoms with E-state index in [1.165, 1.54) is 4.88 Å². The van der Waals surface area contributed by atoms with Crippen LogP contribution >= 0.6 is 23.1 Å². The third kappa shape index (κ3) is 3.56. The standard InChI is InChI=1S/C8H14N2S2/c1-2-11-5-7(9)3-8-4-10-6-12-8/h4,6-7H,2-3,5,9H2,1H3. The Morgan fingerprint density at radius 1 is 1.75 bits per heavy atom. The van der Waals surface area contributed by atoms with Crippen LogP contribution in [0.25, 0.3) is 0 Å². The SMILES string of the molecule is CCSCC(N)Cc1cncs1. The largest absolute Gasteiger partial charge is 0.327 e. The molecule has 1 aromatic heterocycles. The van der Waals surface area contributed by atoms with E-state index >= 15 is 0 Å². The van der Waals surface area contributed by atoms with E-state index in [1.807, 2.05) is 23.5 Å². The molecule has 0 spiro atoms. The fourth-order valence-electron chi connectivity index (χ4n) is 0.929. The summed E-state index contributed by atoms with van der Waals surface area (Å²) in [4.78, 5) is 5.30. The van der Waals surface area contributed by atoms with E-state index in [4.69, 9.17) is 5.73 Å². The molecule has 0 saturated carbocycles. The molecule has 1 aromatic rings. The molecule has 0 aliphatic heterocycles. The van der Waals surface area contributed by atoms with Crippen LogP contribution in [0.1, 0.15) is 11.8 Å². The Morgan fingerprint density at radius 2 is 2.58 bits per heavy atom. The quantitative estimate of drug-likeness (QED) is 0.791. The van der Waals surface area contributed by atoms with Gasteiger partial charge in [-0.3, -0.25) is 4.98 Å². The molecule has 12 heavy (non-hydrogen) atoms. The predicted molar refractivity (Wildman–Crippen MR) is 56.8 cm³/mol. The van der Waals surface area contributed by atoms with Gasteiger partial charge in [0, 0.05) is 22.9 Å². The first-order chi connectivity index (χ1) is 5.83. The van der Waals surface area contributed by atoms with Crippen molar-refractivity contribution < 1.29 is 0 Å². The second-order valence-corrected chi connectivity index (χ2v) is 4.88. The molecule has 0 aliphatic carbocycles. The highest BCUT2D eigenvalue weighted by molar-refractivity contribution is 7.99. The van der Waals surface area contributed by atoms with Gasteiger partial charge < -0.3 is 5.73 Å². The molecule has 2 nitrogen and oxygen atoms in total. The van der Waals surface area contributed by atoms with Gasteiger partial charge in [-0.25, -0.2) is 0 Å². The van der Waals surface area contributed by atoms with Crippen LogP contribution in [0, 0.1) is 0 Å². The van der Waals surface area contributed by atoms with E-state index in [-0.39, 0.29) is 6.04 Å². The maximum atomic E-state index is 5.91. The Bertz CT molecular complexity index is 199. The molecule has 0 saturated heterocycles. The fourth-order valence-corrected chi connectivity index (χ4v) is 2.27. The Labute approximate surface area is 81.6 Å². The zero-order valence-corrected chi connectivity index (χ0v) is 8.83. The molecule has 1 atom stereocenters. The van der Waals surface area contributed by atoms with E-state index < -0.39 is 0 Å². The minimum Gasteiger partial charge on any atom is -0.327 e. The Kier molecular flexibility index (Phi) is 4.65. The van der Waals surface area contributed by atoms with Crippen LogP contribution in [-0.2, 0) is 6.42 Å². The second-order valence-electron chi connectivity index (χ2n) is 2.59. The molecule has 0 bridgehead atoms. The van der Waals surface area contributed by atoms with Crippen molar-refractivity contribution in [3.63, 3.8) is 0 Å². The fraction of sp³-hybridized carbons (Fsp3) is 0.625. The van der Waals surface area contributed by atoms with Gasteiger partial charge in [-0.05, 0) is 12.2 Å². The topological polar surface area (TPSA) is 38.9 Å². The van der Waals surface area contributed by atoms with Gasteiger partial charge in [0.25, 0.3) is 0 Å². The van der Waals surface area contributed by atoms with Gasteiger partial charge >= 0.3 is 0 Å². The number of hydrogen-bond acceptors (Lipinski definition) is 4. The normalized spacial score (nSPS) is 13.2. The van der Waals surface area contributed by atoms with E-state index in [2.05, 4.69) is 11.9 Å². The van der Waals surface area contributed by atoms with E-state index in [9.17, 15) is 0 Å². The molecule has 1 heterocycles. The number of thiazole rings is 1. The van der Waals surface area contributed by atoms with Crippen LogP contribution in [-0.4, -0.2) is 22.5 Å². The summed E-state index contributed by atoms with van der Waals surface area (Å²) < 4.78 is 0. The molecule has 0 aliphatic rings. The van der Waals surface area contributed by atoms with Crippen molar-refractivity contribution >= 4 is 23.1 Å². The zero-order valence-electron chi connectivity index (χ0n) is 7.19. The summed E-state index contributed by atoms with van der Waals surface area (Å²) in [5.41, 5.74) is 7.77. The summed E-state index contributed by atoms with van der Waals surface area (Å²) in [7, 11) is 0. The van der Waals surface area contributed by atoms with Gasteiger partial charge in [0.1, 0.15) is 0 Å². The van der Waals surface area contributed by atoms with Crippen LogP contribution in [0.15, 0.2) is 11.7 Å². The summed E-state index contributed by atoms with van der Waals surface area (Å²) in [6.45, 7) is 2.16. The Balaban J connectivity index is 2.22. The van der Waals surface area contributed by atoms with Gasteiger partial charge in [-0.15, -0.1) is 11.3 Å². The number of thioether (sulfide) groups is 1. The van der Waals surface area contributed by atoms with Gasteiger partial charge in [0.2, 0.25) is 0 Å². The molecule has 4 heteroatoms. The van der Waals surface area contributed by atoms with Crippen molar-refractivity contribution in [1.29, 1.82) is 0 Å². The molecule has 0 fully saturated rings. The van der Waals surface area contributed by atoms with Crippen LogP contribution in [0.3, 0.4) is 0 Å². The van der Waals surface area contributed by atoms with Crippen LogP contribution in [0.5, 0.6) is 0 Å². The molecule has 0 aromatic carbocycles. The highest BCUT2D eigenvalue weighted by Crippen LogP contribution is 2.10. The first-order valence-electron chi connectivity index (χ1n) is 4.03. The minimum absolute atomic E-state index is 0.287. The lowest BCUT2D eigenvalue weighted by Gasteiger charge is -2.07. The average Bonchev–Trinajstić information content (AvgIpc) is 2.53. The molecule has 0 amide bonds. The second kappa shape index (κ2) is 5.56. The molecule has 0 radical (unpaired) electrons. The third-order valence-electron chi connectivity index (χ3n) is 1.48. The number of aromatic nitrogens is 1. The zero-order chi connectivity index (χ0) is 8.81. The summed E-state index contributed by atoms with van der Waals surface area (Å²) in [5, 5.41) is 0. The van der Waals surface area contributed by atoms with E-state index in [0.717, 1.165) is 17.9 Å². The molecule has 1 unspecified atom stereocenters. The van der Waals surface area contributed by atoms with Crippen LogP contribution < -0.4 is 5.73 Å². The van der Waals surface area contributed by atoms with Crippen LogP contribution in [0.4, 0.5) is 0 Å². The number of rotatable bonds is 5. The monoisotopic (exact) mass is 202 g/mol. The Morgan fingerprint density at radius 3 is 3.17 bits per heavy atom. The highest BCUT2D eigenvalue weighted by Gasteiger charge is 2.04. The maximum Gasteiger partial charge on any atom is 0.0794 e. The van der Waals surface area contributed by atoms with Gasteiger partial charge in [0.05, 0.1) is 5.51 Å². The molecule has 2 N–H and O–H groups in total. The van der Waals surface area contributed by atoms with E-state index in [0.29, 0.717) is 0 Å². The van der Waals surface area contributed by atoms with Gasteiger partial charge in [-0.2, -0.15) is 11.8 Å². The summed E-state index contributed by atoms with van der Waals surface area (Å²) >= 11 is 3.58. The average molecular weight is 202 g/mol. The van der Waals surface area contributed by atoms with Crippen molar-refractivity contribution in [2.45, 2.75) is 19.4 Å². The first kappa shape index (κ1) is 10.0. The lowest BCUT2D eigenvalue weighted by Crippen LogP contribution is -2.25. The first-order valence-corrected chi connectivity index (χ1v) is 6.07. The lowest BCUT2D eigenvalue weighted by molar-refractivity contribution is 0.756. The van der Waals surface area contributed by atoms with Gasteiger partial charge in [0.15, 0.2) is 0 Å². The molecular weight excluding hydrogens is 188 g/mol. The van der Waals surface area contributed by atoms with Crippen molar-refractivity contribution in [3.05, 3.63) is 16.6 Å². The summed E-state index contributed by atoms with van der Waals surface area (Å²) in [6.07, 6.45) is 2.87. The predicted octanol–water partition coefficient (Wildman–Crippen LogP) is 1.77. The minimum atomic E-state index is 0.287. The van der Waals surface area contributed by atoms with E-state index in [1.54, 1.807) is 11.3 Å². The molecule has 1 rings (SSSR count). The molecule has 68 valence electrons. The summed E-state index contributed by atoms with van der Waals surface area (Å²) in [6, 6.07) is 0.287. The van der Waals surface area contributed by atoms with Crippen molar-refractivity contribution in [2.75, 3.05) is 11.5 Å². The van der Waals surface area contributed by atoms with Crippen molar-refractivity contribution in [2.24, 2.45) is 5.73 Å². The number of hydrogen-bond donors (Lipinski definition) is 1. The third-order valence-corrected chi connectivity index (χ3v) is 3.36. The Hall–Kier alpha value is -0.0600. The van der Waals surface area contributed by atoms with Crippen LogP contribution in [0.2, 0.25) is 0 Å². The smallest absolute Gasteiger partial charge is 0.0794 e. The number of nitrogens with two attached hydrogens (primary N) is 1. The highest BCUT2D eigenvalue weighted by atomic mass is 32.2. The van der Waals surface area contributed by atoms with Gasteiger partial charge in [-0.1, -0.05) is 6.92 Å². The number of nitrogens with zero attached hydrogens (tertiary/aromatic N) is 1. The molecular formula is C8H14N2S2. The maximum absolute atomic E-state index is 5.91. The van der Waals surface area contributed by atoms with Crippen molar-refractivity contribution in [1.82, 2.24) is 4.98 Å².